The molecule has 2 aliphatic carbocycles. The number of allylic oxidation sites excluding steroid dienone is 1. The molecule has 0 heterocycles. The van der Waals surface area contributed by atoms with Gasteiger partial charge in [0.15, 0.2) is 5.78 Å². The van der Waals surface area contributed by atoms with Gasteiger partial charge < -0.3 is 0 Å². The third kappa shape index (κ3) is 1.50. The van der Waals surface area contributed by atoms with E-state index in [1.807, 2.05) is 12.2 Å². The van der Waals surface area contributed by atoms with Crippen molar-refractivity contribution in [2.45, 2.75) is 11.2 Å². The average Bonchev–Trinajstić information content (AvgIpc) is 2.81. The summed E-state index contributed by atoms with van der Waals surface area (Å²) in [6.45, 7) is 0. The number of benzene rings is 2. The van der Waals surface area contributed by atoms with Crippen LogP contribution in [0.5, 0.6) is 0 Å². The number of carbonyl (C=O) groups is 1. The summed E-state index contributed by atoms with van der Waals surface area (Å²) >= 11 is 3.43. The molecule has 2 aromatic carbocycles. The predicted octanol–water partition coefficient (Wildman–Crippen LogP) is 4.23. The molecule has 0 saturated carbocycles. The largest absolute Gasteiger partial charge is 0.293 e. The van der Waals surface area contributed by atoms with Crippen LogP contribution in [0.2, 0.25) is 0 Å². The maximum Gasteiger partial charge on any atom is 0.181 e. The molecule has 92 valence electrons. The van der Waals surface area contributed by atoms with Crippen LogP contribution in [0.25, 0.3) is 17.2 Å². The summed E-state index contributed by atoms with van der Waals surface area (Å²) in [5.41, 5.74) is 6.95. The van der Waals surface area contributed by atoms with Gasteiger partial charge in [-0.25, -0.2) is 0 Å². The first kappa shape index (κ1) is 11.2. The number of alkyl halides is 1. The fraction of sp³-hybridized carbons (Fsp3) is 0.118. The molecule has 0 saturated heterocycles. The molecule has 0 radical (unpaired) electrons. The van der Waals surface area contributed by atoms with Gasteiger partial charge in [-0.15, -0.1) is 0 Å². The normalized spacial score (nSPS) is 19.0. The van der Waals surface area contributed by atoms with Crippen LogP contribution in [-0.2, 0) is 6.42 Å². The van der Waals surface area contributed by atoms with Crippen molar-refractivity contribution in [1.29, 1.82) is 0 Å². The summed E-state index contributed by atoms with van der Waals surface area (Å²) in [7, 11) is 0. The quantitative estimate of drug-likeness (QED) is 0.568. The number of carbonyl (C=O) groups excluding carboxylic acids is 1. The van der Waals surface area contributed by atoms with Crippen LogP contribution in [0.4, 0.5) is 0 Å². The van der Waals surface area contributed by atoms with Crippen molar-refractivity contribution in [3.05, 3.63) is 64.7 Å². The Bertz CT molecular complexity index is 743. The predicted molar refractivity (Wildman–Crippen MR) is 80.8 cm³/mol. The Hall–Kier alpha value is -1.67. The zero-order valence-electron chi connectivity index (χ0n) is 10.2. The summed E-state index contributed by atoms with van der Waals surface area (Å²) in [5.74, 6) is 0.183. The summed E-state index contributed by atoms with van der Waals surface area (Å²) in [6, 6.07) is 12.6. The number of hydrogen-bond acceptors (Lipinski definition) is 1. The number of hydrogen-bond donors (Lipinski definition) is 0. The fourth-order valence-electron chi connectivity index (χ4n) is 3.07. The van der Waals surface area contributed by atoms with Gasteiger partial charge in [0.25, 0.3) is 0 Å². The lowest BCUT2D eigenvalue weighted by Crippen LogP contribution is -2.18. The second kappa shape index (κ2) is 3.91. The maximum absolute atomic E-state index is 12.4. The Morgan fingerprint density at radius 3 is 2.79 bits per heavy atom. The fourth-order valence-corrected chi connectivity index (χ4v) is 3.45. The van der Waals surface area contributed by atoms with Crippen LogP contribution < -0.4 is 0 Å². The minimum absolute atomic E-state index is 0.183. The summed E-state index contributed by atoms with van der Waals surface area (Å²) < 4.78 is 0. The number of rotatable bonds is 0. The highest BCUT2D eigenvalue weighted by Crippen LogP contribution is 2.41. The van der Waals surface area contributed by atoms with Crippen molar-refractivity contribution in [3.8, 4) is 11.1 Å². The summed E-state index contributed by atoms with van der Waals surface area (Å²) in [6.07, 6.45) is 4.83. The minimum Gasteiger partial charge on any atom is -0.293 e. The maximum atomic E-state index is 12.4. The van der Waals surface area contributed by atoms with Gasteiger partial charge in [-0.05, 0) is 34.2 Å². The smallest absolute Gasteiger partial charge is 0.181 e. The van der Waals surface area contributed by atoms with Gasteiger partial charge in [-0.3, -0.25) is 4.79 Å². The molecule has 0 N–H and O–H groups in total. The van der Waals surface area contributed by atoms with Crippen molar-refractivity contribution in [3.63, 3.8) is 0 Å². The van der Waals surface area contributed by atoms with Crippen LogP contribution in [-0.4, -0.2) is 10.6 Å². The van der Waals surface area contributed by atoms with Gasteiger partial charge in [0.2, 0.25) is 0 Å². The van der Waals surface area contributed by atoms with Gasteiger partial charge >= 0.3 is 0 Å². The van der Waals surface area contributed by atoms with E-state index in [1.54, 1.807) is 0 Å². The van der Waals surface area contributed by atoms with Crippen molar-refractivity contribution in [1.82, 2.24) is 0 Å². The molecule has 0 bridgehead atoms. The first-order valence-electron chi connectivity index (χ1n) is 6.36. The van der Waals surface area contributed by atoms with Gasteiger partial charge in [0, 0.05) is 5.56 Å². The third-order valence-corrected chi connectivity index (χ3v) is 4.68. The zero-order chi connectivity index (χ0) is 13.0. The number of halogens is 1. The number of Topliss-reactive ketones (excluding diaryl/α,β-unsaturated/α-hetero) is 1. The highest BCUT2D eigenvalue weighted by Gasteiger charge is 2.29. The van der Waals surface area contributed by atoms with E-state index in [2.05, 4.69) is 52.3 Å². The first-order valence-corrected chi connectivity index (χ1v) is 7.28. The van der Waals surface area contributed by atoms with E-state index in [9.17, 15) is 4.79 Å². The molecule has 0 aromatic heterocycles. The van der Waals surface area contributed by atoms with Gasteiger partial charge in [0.1, 0.15) is 0 Å². The van der Waals surface area contributed by atoms with E-state index in [1.165, 1.54) is 22.3 Å². The van der Waals surface area contributed by atoms with Crippen molar-refractivity contribution in [2.24, 2.45) is 0 Å². The van der Waals surface area contributed by atoms with Crippen LogP contribution >= 0.6 is 15.9 Å². The monoisotopic (exact) mass is 310 g/mol. The Kier molecular flexibility index (Phi) is 2.30. The molecular weight excluding hydrogens is 300 g/mol. The van der Waals surface area contributed by atoms with E-state index < -0.39 is 0 Å². The highest BCUT2D eigenvalue weighted by atomic mass is 79.9. The zero-order valence-corrected chi connectivity index (χ0v) is 11.8. The molecule has 2 aliphatic rings. The van der Waals surface area contributed by atoms with Crippen LogP contribution in [0.3, 0.4) is 0 Å². The molecule has 0 aliphatic heterocycles. The Labute approximate surface area is 120 Å². The molecule has 1 nitrogen and oxygen atoms in total. The lowest BCUT2D eigenvalue weighted by atomic mass is 9.89. The standard InChI is InChI=1S/C17H11BrO/c18-15-8-6-10-5-7-13-12-4-2-1-3-11(12)9-14(13)16(10)17(15)19/h1-8,15H,9H2. The molecule has 2 aromatic rings. The summed E-state index contributed by atoms with van der Waals surface area (Å²) in [4.78, 5) is 12.2. The van der Waals surface area contributed by atoms with E-state index in [0.717, 1.165) is 17.5 Å². The van der Waals surface area contributed by atoms with Crippen molar-refractivity contribution < 1.29 is 4.79 Å². The lowest BCUT2D eigenvalue weighted by molar-refractivity contribution is 0.100. The number of ketones is 1. The minimum atomic E-state index is -0.185. The topological polar surface area (TPSA) is 17.1 Å². The molecule has 0 amide bonds. The molecule has 4 rings (SSSR count). The van der Waals surface area contributed by atoms with Crippen LogP contribution in [0, 0.1) is 0 Å². The highest BCUT2D eigenvalue weighted by molar-refractivity contribution is 9.10. The van der Waals surface area contributed by atoms with E-state index in [4.69, 9.17) is 0 Å². The number of fused-ring (bicyclic) bond motifs is 5. The van der Waals surface area contributed by atoms with Crippen LogP contribution in [0.1, 0.15) is 27.0 Å². The summed E-state index contributed by atoms with van der Waals surface area (Å²) in [5, 5.41) is 0. The second-order valence-corrected chi connectivity index (χ2v) is 6.00. The van der Waals surface area contributed by atoms with Crippen LogP contribution in [0.15, 0.2) is 42.5 Å². The Balaban J connectivity index is 2.01. The average molecular weight is 311 g/mol. The molecule has 2 heteroatoms. The first-order chi connectivity index (χ1) is 9.25. The van der Waals surface area contributed by atoms with Gasteiger partial charge in [-0.1, -0.05) is 64.5 Å². The van der Waals surface area contributed by atoms with Gasteiger partial charge in [-0.2, -0.15) is 0 Å². The lowest BCUT2D eigenvalue weighted by Gasteiger charge is -2.17. The molecule has 1 atom stereocenters. The van der Waals surface area contributed by atoms with E-state index >= 15 is 0 Å². The second-order valence-electron chi connectivity index (χ2n) is 5.01. The molecule has 0 fully saturated rings. The van der Waals surface area contributed by atoms with Gasteiger partial charge in [0.05, 0.1) is 4.83 Å². The van der Waals surface area contributed by atoms with E-state index in [0.29, 0.717) is 0 Å². The SMILES string of the molecule is O=C1c2c(ccc3c2Cc2ccccc2-3)C=CC1Br. The Morgan fingerprint density at radius 2 is 1.89 bits per heavy atom. The molecule has 19 heavy (non-hydrogen) atoms. The van der Waals surface area contributed by atoms with Crippen molar-refractivity contribution in [2.75, 3.05) is 0 Å². The molecule has 0 spiro atoms. The molecular formula is C17H11BrO. The Morgan fingerprint density at radius 1 is 1.05 bits per heavy atom. The third-order valence-electron chi connectivity index (χ3n) is 3.96. The van der Waals surface area contributed by atoms with Crippen molar-refractivity contribution >= 4 is 27.8 Å². The molecule has 1 unspecified atom stereocenters. The van der Waals surface area contributed by atoms with E-state index in [-0.39, 0.29) is 10.6 Å².